The molecule has 4 rings (SSSR count). The molecule has 0 saturated heterocycles. The second-order valence-electron chi connectivity index (χ2n) is 9.95. The van der Waals surface area contributed by atoms with Crippen molar-refractivity contribution in [3.8, 4) is 0 Å². The molecule has 34 heavy (non-hydrogen) atoms. The van der Waals surface area contributed by atoms with Crippen LogP contribution in [-0.4, -0.2) is 43.6 Å². The highest BCUT2D eigenvalue weighted by Crippen LogP contribution is 2.23. The lowest BCUT2D eigenvalue weighted by molar-refractivity contribution is 0.0928. The SMILES string of the molecule is Cc1cc(C)cc(C(=O)N[C@@H](CC(C)C)c2nnc3n2CCN(Cc2cccc(C)n2)CC3)c1. The van der Waals surface area contributed by atoms with Gasteiger partial charge in [0, 0.05) is 43.9 Å². The third-order valence-corrected chi connectivity index (χ3v) is 6.29. The molecule has 1 aliphatic heterocycles. The number of carbonyl (C=O) groups is 1. The predicted octanol–water partition coefficient (Wildman–Crippen LogP) is 4.17. The molecule has 3 aromatic rings. The smallest absolute Gasteiger partial charge is 0.251 e. The summed E-state index contributed by atoms with van der Waals surface area (Å²) in [5.74, 6) is 2.20. The average molecular weight is 461 g/mol. The van der Waals surface area contributed by atoms with Crippen LogP contribution in [0.3, 0.4) is 0 Å². The minimum absolute atomic E-state index is 0.0597. The number of fused-ring (bicyclic) bond motifs is 1. The number of aromatic nitrogens is 4. The summed E-state index contributed by atoms with van der Waals surface area (Å²) in [5.41, 5.74) is 5.01. The summed E-state index contributed by atoms with van der Waals surface area (Å²) in [6.45, 7) is 13.9. The van der Waals surface area contributed by atoms with E-state index in [2.05, 4.69) is 62.0 Å². The van der Waals surface area contributed by atoms with Gasteiger partial charge in [0.05, 0.1) is 11.7 Å². The number of rotatable bonds is 7. The summed E-state index contributed by atoms with van der Waals surface area (Å²) in [7, 11) is 0. The molecule has 1 N–H and O–H groups in total. The van der Waals surface area contributed by atoms with Gasteiger partial charge in [-0.1, -0.05) is 37.1 Å². The highest BCUT2D eigenvalue weighted by atomic mass is 16.1. The van der Waals surface area contributed by atoms with E-state index in [9.17, 15) is 4.79 Å². The lowest BCUT2D eigenvalue weighted by Gasteiger charge is -2.22. The van der Waals surface area contributed by atoms with Crippen LogP contribution in [0.25, 0.3) is 0 Å². The van der Waals surface area contributed by atoms with Crippen molar-refractivity contribution in [2.45, 2.75) is 66.6 Å². The number of benzene rings is 1. The van der Waals surface area contributed by atoms with Crippen LogP contribution in [0.4, 0.5) is 0 Å². The fraction of sp³-hybridized carbons (Fsp3) is 0.481. The first kappa shape index (κ1) is 24.1. The van der Waals surface area contributed by atoms with Gasteiger partial charge in [-0.3, -0.25) is 14.7 Å². The molecular weight excluding hydrogens is 424 g/mol. The maximum atomic E-state index is 13.2. The molecule has 1 aromatic carbocycles. The van der Waals surface area contributed by atoms with Crippen LogP contribution in [0.5, 0.6) is 0 Å². The Labute approximate surface area is 202 Å². The van der Waals surface area contributed by atoms with Gasteiger partial charge in [0.25, 0.3) is 5.91 Å². The molecule has 0 saturated carbocycles. The monoisotopic (exact) mass is 460 g/mol. The Bertz CT molecular complexity index is 1130. The average Bonchev–Trinajstić information content (AvgIpc) is 3.06. The van der Waals surface area contributed by atoms with E-state index < -0.39 is 0 Å². The molecule has 0 bridgehead atoms. The van der Waals surface area contributed by atoms with Crippen LogP contribution in [0.2, 0.25) is 0 Å². The van der Waals surface area contributed by atoms with Crippen LogP contribution in [0.1, 0.15) is 70.8 Å². The van der Waals surface area contributed by atoms with Gasteiger partial charge in [0.1, 0.15) is 5.82 Å². The standard InChI is InChI=1S/C27H36N6O/c1-18(2)13-24(29-27(34)22-15-19(3)14-20(4)16-22)26-31-30-25-9-10-32(11-12-33(25)26)17-23-8-6-7-21(5)28-23/h6-8,14-16,18,24H,9-13,17H2,1-5H3,(H,29,34)/t24-/m0/s1. The van der Waals surface area contributed by atoms with Crippen molar-refractivity contribution in [1.82, 2.24) is 30.0 Å². The molecule has 0 aliphatic carbocycles. The van der Waals surface area contributed by atoms with Gasteiger partial charge in [0.15, 0.2) is 5.82 Å². The largest absolute Gasteiger partial charge is 0.342 e. The van der Waals surface area contributed by atoms with Crippen molar-refractivity contribution < 1.29 is 4.79 Å². The number of hydrogen-bond acceptors (Lipinski definition) is 5. The Balaban J connectivity index is 1.51. The van der Waals surface area contributed by atoms with E-state index in [4.69, 9.17) is 0 Å². The zero-order valence-corrected chi connectivity index (χ0v) is 21.0. The summed E-state index contributed by atoms with van der Waals surface area (Å²) < 4.78 is 2.22. The first-order valence-electron chi connectivity index (χ1n) is 12.2. The maximum Gasteiger partial charge on any atom is 0.251 e. The van der Waals surface area contributed by atoms with Gasteiger partial charge in [-0.25, -0.2) is 0 Å². The Kier molecular flexibility index (Phi) is 7.41. The number of carbonyl (C=O) groups excluding carboxylic acids is 1. The van der Waals surface area contributed by atoms with Gasteiger partial charge in [-0.05, 0) is 57.4 Å². The van der Waals surface area contributed by atoms with E-state index in [0.717, 1.165) is 73.2 Å². The van der Waals surface area contributed by atoms with Crippen molar-refractivity contribution in [2.24, 2.45) is 5.92 Å². The van der Waals surface area contributed by atoms with E-state index in [1.807, 2.05) is 39.0 Å². The van der Waals surface area contributed by atoms with Crippen molar-refractivity contribution in [2.75, 3.05) is 13.1 Å². The Morgan fingerprint density at radius 1 is 1.03 bits per heavy atom. The zero-order chi connectivity index (χ0) is 24.2. The first-order chi connectivity index (χ1) is 16.3. The molecule has 180 valence electrons. The number of nitrogens with zero attached hydrogens (tertiary/aromatic N) is 5. The fourth-order valence-corrected chi connectivity index (χ4v) is 4.77. The second-order valence-corrected chi connectivity index (χ2v) is 9.95. The van der Waals surface area contributed by atoms with E-state index >= 15 is 0 Å². The number of pyridine rings is 1. The number of aryl methyl sites for hydroxylation is 3. The zero-order valence-electron chi connectivity index (χ0n) is 21.0. The summed E-state index contributed by atoms with van der Waals surface area (Å²) in [6.07, 6.45) is 1.64. The summed E-state index contributed by atoms with van der Waals surface area (Å²) in [4.78, 5) is 20.3. The molecule has 0 unspecified atom stereocenters. The van der Waals surface area contributed by atoms with Crippen molar-refractivity contribution in [1.29, 1.82) is 0 Å². The van der Waals surface area contributed by atoms with E-state index in [1.165, 1.54) is 0 Å². The predicted molar refractivity (Wildman–Crippen MR) is 134 cm³/mol. The normalized spacial score (nSPS) is 15.1. The summed E-state index contributed by atoms with van der Waals surface area (Å²) in [6, 6.07) is 12.0. The van der Waals surface area contributed by atoms with Crippen molar-refractivity contribution in [3.63, 3.8) is 0 Å². The van der Waals surface area contributed by atoms with E-state index in [1.54, 1.807) is 0 Å². The Hall–Kier alpha value is -3.06. The van der Waals surface area contributed by atoms with Crippen LogP contribution < -0.4 is 5.32 Å². The van der Waals surface area contributed by atoms with Crippen molar-refractivity contribution >= 4 is 5.91 Å². The molecule has 1 atom stereocenters. The van der Waals surface area contributed by atoms with Gasteiger partial charge in [-0.15, -0.1) is 10.2 Å². The van der Waals surface area contributed by atoms with Gasteiger partial charge in [-0.2, -0.15) is 0 Å². The Morgan fingerprint density at radius 2 is 1.79 bits per heavy atom. The highest BCUT2D eigenvalue weighted by Gasteiger charge is 2.26. The quantitative estimate of drug-likeness (QED) is 0.573. The second kappa shape index (κ2) is 10.5. The summed E-state index contributed by atoms with van der Waals surface area (Å²) >= 11 is 0. The first-order valence-corrected chi connectivity index (χ1v) is 12.2. The van der Waals surface area contributed by atoms with Crippen LogP contribution >= 0.6 is 0 Å². The maximum absolute atomic E-state index is 13.2. The van der Waals surface area contributed by atoms with E-state index in [-0.39, 0.29) is 11.9 Å². The van der Waals surface area contributed by atoms with E-state index in [0.29, 0.717) is 11.5 Å². The van der Waals surface area contributed by atoms with Crippen LogP contribution in [0.15, 0.2) is 36.4 Å². The van der Waals surface area contributed by atoms with Gasteiger partial charge >= 0.3 is 0 Å². The Morgan fingerprint density at radius 3 is 2.50 bits per heavy atom. The molecular formula is C27H36N6O. The molecule has 0 spiro atoms. The third-order valence-electron chi connectivity index (χ3n) is 6.29. The highest BCUT2D eigenvalue weighted by molar-refractivity contribution is 5.94. The lowest BCUT2D eigenvalue weighted by Crippen LogP contribution is -2.32. The molecule has 7 heteroatoms. The van der Waals surface area contributed by atoms with Gasteiger partial charge < -0.3 is 9.88 Å². The molecule has 3 heterocycles. The number of amides is 1. The van der Waals surface area contributed by atoms with Crippen LogP contribution in [-0.2, 0) is 19.5 Å². The molecule has 1 amide bonds. The molecule has 0 radical (unpaired) electrons. The number of nitrogens with one attached hydrogen (secondary N) is 1. The summed E-state index contributed by atoms with van der Waals surface area (Å²) in [5, 5.41) is 12.4. The van der Waals surface area contributed by atoms with Gasteiger partial charge in [0.2, 0.25) is 0 Å². The minimum Gasteiger partial charge on any atom is -0.342 e. The van der Waals surface area contributed by atoms with Crippen molar-refractivity contribution in [3.05, 3.63) is 76.1 Å². The van der Waals surface area contributed by atoms with Crippen LogP contribution in [0, 0.1) is 26.7 Å². The lowest BCUT2D eigenvalue weighted by atomic mass is 10.0. The molecule has 2 aromatic heterocycles. The number of hydrogen-bond donors (Lipinski definition) is 1. The minimum atomic E-state index is -0.181. The third kappa shape index (κ3) is 5.89. The molecule has 1 aliphatic rings. The fourth-order valence-electron chi connectivity index (χ4n) is 4.77. The molecule has 0 fully saturated rings. The molecule has 7 nitrogen and oxygen atoms in total. The topological polar surface area (TPSA) is 75.9 Å².